The van der Waals surface area contributed by atoms with Gasteiger partial charge in [0.05, 0.1) is 0 Å². The molecule has 2 atom stereocenters. The summed E-state index contributed by atoms with van der Waals surface area (Å²) in [6.07, 6.45) is 0. The molecule has 2 bridgehead atoms. The van der Waals surface area contributed by atoms with Crippen molar-refractivity contribution in [1.29, 1.82) is 0 Å². The predicted octanol–water partition coefficient (Wildman–Crippen LogP) is 8.68. The summed E-state index contributed by atoms with van der Waals surface area (Å²) in [4.78, 5) is 0. The molecule has 0 saturated heterocycles. The van der Waals surface area contributed by atoms with Gasteiger partial charge in [-0.1, -0.05) is 0 Å². The van der Waals surface area contributed by atoms with Crippen LogP contribution in [-0.4, -0.2) is 13.3 Å². The molecule has 0 aliphatic carbocycles. The molecular weight excluding hydrogens is 505 g/mol. The van der Waals surface area contributed by atoms with E-state index in [1.54, 1.807) is 0 Å². The Hall–Kier alpha value is -3.62. The minimum absolute atomic E-state index is 0.139. The van der Waals surface area contributed by atoms with Gasteiger partial charge in [0.25, 0.3) is 0 Å². The molecule has 5 aromatic rings. The molecule has 5 aromatic carbocycles. The van der Waals surface area contributed by atoms with E-state index in [1.807, 2.05) is 0 Å². The predicted molar refractivity (Wildman–Crippen MR) is 158 cm³/mol. The van der Waals surface area contributed by atoms with Gasteiger partial charge in [-0.05, 0) is 0 Å². The number of allylic oxidation sites excluding steroid dienone is 2. The Morgan fingerprint density at radius 1 is 0.378 bits per heavy atom. The first-order chi connectivity index (χ1) is 18.1. The van der Waals surface area contributed by atoms with Crippen LogP contribution in [0.4, 0.5) is 0 Å². The summed E-state index contributed by atoms with van der Waals surface area (Å²) >= 11 is -3.02. The first-order valence-corrected chi connectivity index (χ1v) is 19.5. The number of fused-ring (bicyclic) bond motifs is 5. The van der Waals surface area contributed by atoms with Gasteiger partial charge in [-0.3, -0.25) is 0 Å². The molecule has 0 nitrogen and oxygen atoms in total. The van der Waals surface area contributed by atoms with Crippen molar-refractivity contribution in [2.45, 2.75) is 20.0 Å². The summed E-state index contributed by atoms with van der Waals surface area (Å²) in [5.41, 5.74) is 11.6. The molecule has 0 amide bonds. The molecule has 0 radical (unpaired) electrons. The van der Waals surface area contributed by atoms with Gasteiger partial charge < -0.3 is 0 Å². The number of hydrogen-bond acceptors (Lipinski definition) is 0. The van der Waals surface area contributed by atoms with Crippen molar-refractivity contribution in [3.8, 4) is 0 Å². The van der Waals surface area contributed by atoms with Crippen molar-refractivity contribution in [3.63, 3.8) is 0 Å². The maximum absolute atomic E-state index is 3.02. The summed E-state index contributed by atoms with van der Waals surface area (Å²) in [5, 5.41) is 0. The first kappa shape index (κ1) is 22.6. The number of hydrogen-bond donors (Lipinski definition) is 0. The molecule has 2 aliphatic heterocycles. The number of rotatable bonds is 4. The van der Waals surface area contributed by atoms with Crippen LogP contribution in [0, 0.1) is 0 Å². The van der Waals surface area contributed by atoms with Crippen LogP contribution >= 0.6 is 0 Å². The molecule has 178 valence electrons. The van der Waals surface area contributed by atoms with Gasteiger partial charge in [0.2, 0.25) is 0 Å². The van der Waals surface area contributed by atoms with Gasteiger partial charge in [-0.2, -0.15) is 0 Å². The van der Waals surface area contributed by atoms with Crippen molar-refractivity contribution < 1.29 is 0 Å². The first-order valence-electron chi connectivity index (χ1n) is 13.2. The quantitative estimate of drug-likeness (QED) is 0.202. The van der Waals surface area contributed by atoms with Crippen molar-refractivity contribution >= 4 is 24.4 Å². The molecule has 7 rings (SSSR count). The fourth-order valence-corrected chi connectivity index (χ4v) is 20.4. The maximum atomic E-state index is 2.69. The fraction of sp³-hybridized carbons (Fsp3) is 0.111. The standard InChI is InChI=1S/C36H30Ge/c1-37(2)35(29-21-11-5-12-22-29)31-25-15-16-26-32(31)36(37,30-23-13-6-14-24-30)34(28-19-9-4-10-20-28)33(35)27-17-7-3-8-18-27/h3-26H,1-2H3/t35-,36+. The average molecular weight is 535 g/mol. The SMILES string of the molecule is [CH3][Ge]1([CH3])[C@]2(c3ccccc3)C(c3ccccc3)=C(c3ccccc3)[C@@]1(c1ccccc1)c1ccccc12. The number of benzene rings is 5. The van der Waals surface area contributed by atoms with E-state index in [4.69, 9.17) is 0 Å². The molecule has 37 heavy (non-hydrogen) atoms. The second-order valence-corrected chi connectivity index (χ2v) is 20.9. The zero-order valence-corrected chi connectivity index (χ0v) is 23.5. The second-order valence-electron chi connectivity index (χ2n) is 10.9. The van der Waals surface area contributed by atoms with Crippen LogP contribution in [0.1, 0.15) is 33.4 Å². The van der Waals surface area contributed by atoms with Crippen LogP contribution in [0.5, 0.6) is 0 Å². The van der Waals surface area contributed by atoms with Gasteiger partial charge in [-0.15, -0.1) is 0 Å². The molecule has 1 heteroatoms. The Balaban J connectivity index is 1.78. The Morgan fingerprint density at radius 3 is 1.03 bits per heavy atom. The van der Waals surface area contributed by atoms with Crippen molar-refractivity contribution in [1.82, 2.24) is 0 Å². The van der Waals surface area contributed by atoms with Crippen LogP contribution < -0.4 is 0 Å². The van der Waals surface area contributed by atoms with E-state index in [9.17, 15) is 0 Å². The molecule has 0 saturated carbocycles. The van der Waals surface area contributed by atoms with Gasteiger partial charge in [0, 0.05) is 0 Å². The summed E-state index contributed by atoms with van der Waals surface area (Å²) in [6.45, 7) is 0. The Morgan fingerprint density at radius 2 is 0.676 bits per heavy atom. The summed E-state index contributed by atoms with van der Waals surface area (Å²) < 4.78 is -0.277. The average Bonchev–Trinajstić information content (AvgIpc) is 3.28. The third kappa shape index (κ3) is 2.69. The molecule has 2 aliphatic rings. The van der Waals surface area contributed by atoms with Gasteiger partial charge in [0.15, 0.2) is 0 Å². The zero-order chi connectivity index (χ0) is 25.1. The monoisotopic (exact) mass is 536 g/mol. The van der Waals surface area contributed by atoms with E-state index in [2.05, 4.69) is 157 Å². The van der Waals surface area contributed by atoms with E-state index in [-0.39, 0.29) is 8.49 Å². The molecular formula is C36H30Ge. The molecule has 0 spiro atoms. The van der Waals surface area contributed by atoms with Crippen molar-refractivity contribution in [2.24, 2.45) is 0 Å². The van der Waals surface area contributed by atoms with Crippen LogP contribution in [-0.2, 0) is 8.49 Å². The van der Waals surface area contributed by atoms with Gasteiger partial charge in [0.1, 0.15) is 0 Å². The van der Waals surface area contributed by atoms with E-state index in [0.29, 0.717) is 0 Å². The van der Waals surface area contributed by atoms with Crippen molar-refractivity contribution in [3.05, 3.63) is 179 Å². The normalized spacial score (nSPS) is 23.2. The van der Waals surface area contributed by atoms with E-state index < -0.39 is 13.3 Å². The third-order valence-electron chi connectivity index (χ3n) is 9.15. The Kier molecular flexibility index (Phi) is 5.00. The van der Waals surface area contributed by atoms with Gasteiger partial charge >= 0.3 is 223 Å². The molecule has 0 N–H and O–H groups in total. The molecule has 0 unspecified atom stereocenters. The second kappa shape index (κ2) is 8.20. The summed E-state index contributed by atoms with van der Waals surface area (Å²) in [7, 11) is 0. The minimum atomic E-state index is -3.02. The van der Waals surface area contributed by atoms with Crippen LogP contribution in [0.3, 0.4) is 0 Å². The van der Waals surface area contributed by atoms with E-state index >= 15 is 0 Å². The molecule has 0 fully saturated rings. The molecule has 2 heterocycles. The summed E-state index contributed by atoms with van der Waals surface area (Å²) in [5.74, 6) is 5.39. The van der Waals surface area contributed by atoms with Crippen LogP contribution in [0.15, 0.2) is 146 Å². The van der Waals surface area contributed by atoms with Gasteiger partial charge in [-0.25, -0.2) is 0 Å². The van der Waals surface area contributed by atoms with Crippen LogP contribution in [0.2, 0.25) is 11.5 Å². The Labute approximate surface area is 222 Å². The third-order valence-corrected chi connectivity index (χ3v) is 20.4. The molecule has 0 aromatic heterocycles. The summed E-state index contributed by atoms with van der Waals surface area (Å²) in [6, 6.07) is 54.6. The zero-order valence-electron chi connectivity index (χ0n) is 21.4. The van der Waals surface area contributed by atoms with E-state index in [1.165, 1.54) is 44.5 Å². The van der Waals surface area contributed by atoms with E-state index in [0.717, 1.165) is 0 Å². The topological polar surface area (TPSA) is 0 Å². The fourth-order valence-electron chi connectivity index (χ4n) is 7.99. The van der Waals surface area contributed by atoms with Crippen LogP contribution in [0.25, 0.3) is 11.1 Å². The van der Waals surface area contributed by atoms with Crippen molar-refractivity contribution in [2.75, 3.05) is 0 Å². The Bertz CT molecular complexity index is 1500.